The number of anilines is 1. The Morgan fingerprint density at radius 2 is 1.51 bits per heavy atom. The van der Waals surface area contributed by atoms with Crippen molar-refractivity contribution in [2.24, 2.45) is 5.41 Å². The van der Waals surface area contributed by atoms with E-state index in [1.54, 1.807) is 0 Å². The number of hydrogen-bond donors (Lipinski definition) is 0. The van der Waals surface area contributed by atoms with E-state index in [1.165, 1.54) is 39.0 Å². The lowest BCUT2D eigenvalue weighted by Crippen LogP contribution is -2.21. The minimum absolute atomic E-state index is 0.122. The molecule has 0 saturated heterocycles. The zero-order valence-corrected chi connectivity index (χ0v) is 32.6. The Morgan fingerprint density at radius 1 is 0.765 bits per heavy atom. The number of rotatable bonds is 5. The molecule has 0 saturated carbocycles. The van der Waals surface area contributed by atoms with Gasteiger partial charge in [-0.1, -0.05) is 90.1 Å². The van der Waals surface area contributed by atoms with Crippen molar-refractivity contribution in [3.63, 3.8) is 0 Å². The van der Waals surface area contributed by atoms with Crippen molar-refractivity contribution >= 4 is 22.9 Å². The summed E-state index contributed by atoms with van der Waals surface area (Å²) in [6.07, 6.45) is 14.7. The van der Waals surface area contributed by atoms with Crippen molar-refractivity contribution in [3.8, 4) is 17.1 Å². The van der Waals surface area contributed by atoms with Gasteiger partial charge in [0.05, 0.1) is 6.07 Å². The van der Waals surface area contributed by atoms with Crippen LogP contribution in [0.2, 0.25) is 0 Å². The second-order valence-corrected chi connectivity index (χ2v) is 16.5. The number of hydrogen-bond acceptors (Lipinski definition) is 3. The van der Waals surface area contributed by atoms with Crippen LogP contribution in [0.15, 0.2) is 112 Å². The first-order chi connectivity index (χ1) is 24.1. The van der Waals surface area contributed by atoms with Crippen molar-refractivity contribution in [2.75, 3.05) is 33.1 Å². The van der Waals surface area contributed by atoms with Gasteiger partial charge in [-0.2, -0.15) is 0 Å². The summed E-state index contributed by atoms with van der Waals surface area (Å²) in [6.45, 7) is 15.5. The van der Waals surface area contributed by atoms with E-state index in [0.29, 0.717) is 0 Å². The molecule has 2 heterocycles. The molecule has 0 fully saturated rings. The molecule has 0 N–H and O–H groups in total. The molecule has 264 valence electrons. The molecule has 2 aromatic carbocycles. The van der Waals surface area contributed by atoms with Crippen molar-refractivity contribution in [2.45, 2.75) is 73.1 Å². The highest BCUT2D eigenvalue weighted by Gasteiger charge is 2.27. The van der Waals surface area contributed by atoms with Crippen LogP contribution in [0.1, 0.15) is 88.8 Å². The zero-order valence-electron chi connectivity index (χ0n) is 32.6. The Hall–Kier alpha value is -4.83. The van der Waals surface area contributed by atoms with E-state index in [2.05, 4.69) is 183 Å². The molecule has 6 rings (SSSR count). The topological polar surface area (TPSA) is 28.6 Å². The van der Waals surface area contributed by atoms with Crippen molar-refractivity contribution in [3.05, 3.63) is 141 Å². The van der Waals surface area contributed by atoms with Gasteiger partial charge in [-0.05, 0) is 95.5 Å². The van der Waals surface area contributed by atoms with Crippen LogP contribution in [0.25, 0.3) is 28.5 Å². The SMILES string of the molecule is Cc1ccccc1C1=C(C=Cc2cc(C(C)(C)C)oc3cc(=[N+](C)C)ccc2-3)CCCC1=CC=C1C=C(C(C)(C)C)Oc2cc(N(C)C)ccc21. The molecule has 2 aromatic rings. The number of fused-ring (bicyclic) bond motifs is 2. The molecule has 0 amide bonds. The molecule has 4 nitrogen and oxygen atoms in total. The van der Waals surface area contributed by atoms with Gasteiger partial charge in [0.2, 0.25) is 5.36 Å². The fraction of sp³-hybridized carbons (Fsp3) is 0.340. The van der Waals surface area contributed by atoms with E-state index in [4.69, 9.17) is 9.15 Å². The van der Waals surface area contributed by atoms with Crippen LogP contribution in [0.3, 0.4) is 0 Å². The maximum atomic E-state index is 6.53. The predicted molar refractivity (Wildman–Crippen MR) is 217 cm³/mol. The second-order valence-electron chi connectivity index (χ2n) is 16.5. The van der Waals surface area contributed by atoms with E-state index >= 15 is 0 Å². The van der Waals surface area contributed by atoms with Gasteiger partial charge >= 0.3 is 0 Å². The number of aryl methyl sites for hydroxylation is 1. The molecule has 2 aliphatic heterocycles. The minimum atomic E-state index is -0.122. The molecule has 0 spiro atoms. The monoisotopic (exact) mass is 679 g/mol. The summed E-state index contributed by atoms with van der Waals surface area (Å²) < 4.78 is 15.2. The smallest absolute Gasteiger partial charge is 0.203 e. The summed E-state index contributed by atoms with van der Waals surface area (Å²) in [5.74, 6) is 3.78. The Kier molecular flexibility index (Phi) is 9.92. The lowest BCUT2D eigenvalue weighted by atomic mass is 9.81. The third kappa shape index (κ3) is 7.76. The predicted octanol–water partition coefficient (Wildman–Crippen LogP) is 11.1. The van der Waals surface area contributed by atoms with Crippen LogP contribution in [-0.2, 0) is 5.41 Å². The van der Waals surface area contributed by atoms with Crippen molar-refractivity contribution < 1.29 is 9.15 Å². The molecule has 0 unspecified atom stereocenters. The Balaban J connectivity index is 1.51. The zero-order chi connectivity index (χ0) is 36.7. The lowest BCUT2D eigenvalue weighted by molar-refractivity contribution is 0.291. The van der Waals surface area contributed by atoms with Gasteiger partial charge in [0, 0.05) is 53.9 Å². The summed E-state index contributed by atoms with van der Waals surface area (Å²) in [6, 6.07) is 24.1. The van der Waals surface area contributed by atoms with Crippen molar-refractivity contribution in [1.29, 1.82) is 0 Å². The first-order valence-electron chi connectivity index (χ1n) is 18.3. The largest absolute Gasteiger partial charge is 0.460 e. The summed E-state index contributed by atoms with van der Waals surface area (Å²) in [4.78, 5) is 2.12. The highest BCUT2D eigenvalue weighted by molar-refractivity contribution is 5.88. The van der Waals surface area contributed by atoms with Crippen LogP contribution in [0.4, 0.5) is 5.69 Å². The van der Waals surface area contributed by atoms with Gasteiger partial charge in [-0.25, -0.2) is 4.58 Å². The first-order valence-corrected chi connectivity index (χ1v) is 18.3. The molecule has 2 aliphatic carbocycles. The third-order valence-corrected chi connectivity index (χ3v) is 9.95. The first kappa shape index (κ1) is 36.0. The molecule has 51 heavy (non-hydrogen) atoms. The number of benzene rings is 3. The second kappa shape index (κ2) is 14.1. The average Bonchev–Trinajstić information content (AvgIpc) is 3.08. The fourth-order valence-corrected chi connectivity index (χ4v) is 6.81. The maximum Gasteiger partial charge on any atom is 0.203 e. The number of allylic oxidation sites excluding steroid dienone is 9. The average molecular weight is 680 g/mol. The summed E-state index contributed by atoms with van der Waals surface area (Å²) in [5, 5.41) is 1.13. The highest BCUT2D eigenvalue weighted by atomic mass is 16.5. The lowest BCUT2D eigenvalue weighted by Gasteiger charge is -2.29. The fourth-order valence-electron chi connectivity index (χ4n) is 6.81. The Morgan fingerprint density at radius 3 is 2.20 bits per heavy atom. The van der Waals surface area contributed by atoms with E-state index in [9.17, 15) is 0 Å². The quantitative estimate of drug-likeness (QED) is 0.197. The summed E-state index contributed by atoms with van der Waals surface area (Å²) in [7, 11) is 8.28. The number of nitrogens with zero attached hydrogens (tertiary/aromatic N) is 2. The molecule has 0 radical (unpaired) electrons. The van der Waals surface area contributed by atoms with E-state index in [1.807, 2.05) is 0 Å². The molecular formula is C47H55N2O2+. The van der Waals surface area contributed by atoms with Gasteiger partial charge < -0.3 is 14.1 Å². The highest BCUT2D eigenvalue weighted by Crippen LogP contribution is 2.43. The molecule has 4 heteroatoms. The number of ether oxygens (including phenoxy) is 1. The van der Waals surface area contributed by atoms with Gasteiger partial charge in [0.1, 0.15) is 37.1 Å². The minimum Gasteiger partial charge on any atom is -0.460 e. The van der Waals surface area contributed by atoms with Crippen LogP contribution in [0, 0.1) is 12.3 Å². The van der Waals surface area contributed by atoms with Crippen molar-refractivity contribution in [1.82, 2.24) is 4.58 Å². The molecule has 0 bridgehead atoms. The van der Waals surface area contributed by atoms with E-state index in [-0.39, 0.29) is 10.8 Å². The Bertz CT molecular complexity index is 2160. The van der Waals surface area contributed by atoms with Crippen LogP contribution in [-0.4, -0.2) is 28.2 Å². The molecule has 4 aliphatic rings. The van der Waals surface area contributed by atoms with Crippen LogP contribution < -0.4 is 19.6 Å². The van der Waals surface area contributed by atoms with Gasteiger partial charge in [0.25, 0.3) is 0 Å². The maximum absolute atomic E-state index is 6.53. The van der Waals surface area contributed by atoms with Gasteiger partial charge in [0.15, 0.2) is 0 Å². The van der Waals surface area contributed by atoms with Crippen LogP contribution >= 0.6 is 0 Å². The van der Waals surface area contributed by atoms with Gasteiger partial charge in [-0.15, -0.1) is 0 Å². The van der Waals surface area contributed by atoms with Gasteiger partial charge in [-0.3, -0.25) is 0 Å². The molecule has 0 atom stereocenters. The van der Waals surface area contributed by atoms with E-state index in [0.717, 1.165) is 64.5 Å². The van der Waals surface area contributed by atoms with E-state index < -0.39 is 0 Å². The van der Waals surface area contributed by atoms with Crippen LogP contribution in [0.5, 0.6) is 5.75 Å². The molecular weight excluding hydrogens is 625 g/mol. The Labute approximate surface area is 305 Å². The summed E-state index contributed by atoms with van der Waals surface area (Å²) >= 11 is 0. The summed E-state index contributed by atoms with van der Waals surface area (Å²) in [5.41, 5.74) is 12.1. The normalized spacial score (nSPS) is 16.9. The third-order valence-electron chi connectivity index (χ3n) is 9.95. The molecule has 0 aromatic heterocycles. The standard InChI is InChI=1S/C47H55N2O2/c1-31-15-12-13-18-38(31)45-32(19-21-34-27-43(46(2,3)4)50-41-29-36(48(8)9)23-25-39(34)41)16-14-17-33(45)20-22-35-28-44(47(5,6)7)51-42-30-37(49(10)11)24-26-40(35)42/h12-13,15,18-30H,14,16-17H2,1-11H3/q+1.